The monoisotopic (exact) mass is 329 g/mol. The first-order chi connectivity index (χ1) is 11.5. The van der Waals surface area contributed by atoms with Gasteiger partial charge in [-0.25, -0.2) is 9.78 Å². The molecule has 1 aliphatic heterocycles. The summed E-state index contributed by atoms with van der Waals surface area (Å²) in [6.45, 7) is 3.40. The molecule has 0 atom stereocenters. The molecule has 2 N–H and O–H groups in total. The molecule has 1 aliphatic carbocycles. The molecule has 24 heavy (non-hydrogen) atoms. The number of carbonyl (C=O) groups excluding carboxylic acids is 1. The largest absolute Gasteiger partial charge is 0.476 e. The van der Waals surface area contributed by atoms with Crippen molar-refractivity contribution in [1.29, 1.82) is 0 Å². The Hall–Kier alpha value is -2.64. The van der Waals surface area contributed by atoms with E-state index in [4.69, 9.17) is 0 Å². The molecule has 1 fully saturated rings. The first-order valence-corrected chi connectivity index (χ1v) is 8.15. The van der Waals surface area contributed by atoms with E-state index in [-0.39, 0.29) is 18.1 Å². The SMILES string of the molecule is Cc1[nH]cnc1C(=O)N1CCc2c(c(C(=O)O)nn2CC2CC2)C1. The van der Waals surface area contributed by atoms with E-state index >= 15 is 0 Å². The van der Waals surface area contributed by atoms with Gasteiger partial charge in [0.2, 0.25) is 0 Å². The average molecular weight is 329 g/mol. The molecule has 0 unspecified atom stereocenters. The quantitative estimate of drug-likeness (QED) is 0.878. The molecule has 2 aliphatic rings. The van der Waals surface area contributed by atoms with Crippen molar-refractivity contribution in [3.63, 3.8) is 0 Å². The van der Waals surface area contributed by atoms with Crippen molar-refractivity contribution >= 4 is 11.9 Å². The van der Waals surface area contributed by atoms with Gasteiger partial charge in [-0.1, -0.05) is 0 Å². The standard InChI is InChI=1S/C16H19N5O3/c1-9-13(18-8-17-9)15(22)20-5-4-12-11(7-20)14(16(23)24)19-21(12)6-10-2-3-10/h8,10H,2-7H2,1H3,(H,17,18)(H,23,24). The fraction of sp³-hybridized carbons (Fsp3) is 0.500. The summed E-state index contributed by atoms with van der Waals surface area (Å²) in [6.07, 6.45) is 4.48. The molecule has 2 aromatic rings. The van der Waals surface area contributed by atoms with E-state index in [0.29, 0.717) is 35.8 Å². The number of hydrogen-bond acceptors (Lipinski definition) is 4. The van der Waals surface area contributed by atoms with Crippen LogP contribution in [0.1, 0.15) is 50.8 Å². The molecule has 1 amide bonds. The molecule has 8 nitrogen and oxygen atoms in total. The van der Waals surface area contributed by atoms with Gasteiger partial charge in [-0.3, -0.25) is 9.48 Å². The van der Waals surface area contributed by atoms with E-state index in [2.05, 4.69) is 15.1 Å². The summed E-state index contributed by atoms with van der Waals surface area (Å²) < 4.78 is 1.85. The molecule has 0 radical (unpaired) electrons. The fourth-order valence-electron chi connectivity index (χ4n) is 3.26. The van der Waals surface area contributed by atoms with Gasteiger partial charge in [0.05, 0.1) is 12.9 Å². The van der Waals surface area contributed by atoms with Gasteiger partial charge in [0, 0.05) is 36.5 Å². The Bertz CT molecular complexity index is 818. The second kappa shape index (κ2) is 5.47. The number of nitrogens with one attached hydrogen (secondary N) is 1. The number of aromatic nitrogens is 4. The zero-order valence-electron chi connectivity index (χ0n) is 13.4. The van der Waals surface area contributed by atoms with Crippen LogP contribution in [0.4, 0.5) is 0 Å². The Morgan fingerprint density at radius 2 is 2.17 bits per heavy atom. The number of H-pyrrole nitrogens is 1. The van der Waals surface area contributed by atoms with Crippen LogP contribution in [0.3, 0.4) is 0 Å². The van der Waals surface area contributed by atoms with Crippen molar-refractivity contribution in [3.8, 4) is 0 Å². The van der Waals surface area contributed by atoms with Gasteiger partial charge in [-0.2, -0.15) is 5.10 Å². The maximum Gasteiger partial charge on any atom is 0.356 e. The van der Waals surface area contributed by atoms with Crippen LogP contribution in [-0.2, 0) is 19.5 Å². The number of imidazole rings is 1. The Balaban J connectivity index is 1.64. The van der Waals surface area contributed by atoms with Gasteiger partial charge < -0.3 is 15.0 Å². The number of carboxylic acid groups (broad SMARTS) is 1. The highest BCUT2D eigenvalue weighted by molar-refractivity contribution is 5.94. The fourth-order valence-corrected chi connectivity index (χ4v) is 3.26. The highest BCUT2D eigenvalue weighted by Crippen LogP contribution is 2.32. The first kappa shape index (κ1) is 14.9. The second-order valence-electron chi connectivity index (χ2n) is 6.56. The number of aryl methyl sites for hydroxylation is 1. The molecule has 2 aromatic heterocycles. The molecule has 3 heterocycles. The summed E-state index contributed by atoms with van der Waals surface area (Å²) in [6, 6.07) is 0. The van der Waals surface area contributed by atoms with Crippen LogP contribution in [0.25, 0.3) is 0 Å². The molecule has 0 bridgehead atoms. The summed E-state index contributed by atoms with van der Waals surface area (Å²) >= 11 is 0. The van der Waals surface area contributed by atoms with Crippen molar-refractivity contribution in [3.05, 3.63) is 34.7 Å². The van der Waals surface area contributed by atoms with Gasteiger partial charge in [0.25, 0.3) is 5.91 Å². The number of nitrogens with zero attached hydrogens (tertiary/aromatic N) is 4. The molecule has 1 saturated carbocycles. The van der Waals surface area contributed by atoms with Crippen molar-refractivity contribution in [2.75, 3.05) is 6.54 Å². The second-order valence-corrected chi connectivity index (χ2v) is 6.56. The van der Waals surface area contributed by atoms with E-state index in [9.17, 15) is 14.7 Å². The molecule has 0 saturated heterocycles. The lowest BCUT2D eigenvalue weighted by atomic mass is 10.0. The number of aromatic carboxylic acids is 1. The minimum absolute atomic E-state index is 0.0712. The Morgan fingerprint density at radius 3 is 2.79 bits per heavy atom. The highest BCUT2D eigenvalue weighted by Gasteiger charge is 2.33. The van der Waals surface area contributed by atoms with Crippen LogP contribution in [0.5, 0.6) is 0 Å². The predicted molar refractivity (Wildman–Crippen MR) is 83.7 cm³/mol. The zero-order chi connectivity index (χ0) is 16.8. The third-order valence-corrected chi connectivity index (χ3v) is 4.78. The predicted octanol–water partition coefficient (Wildman–Crippen LogP) is 1.22. The van der Waals surface area contributed by atoms with Gasteiger partial charge >= 0.3 is 5.97 Å². The first-order valence-electron chi connectivity index (χ1n) is 8.15. The van der Waals surface area contributed by atoms with E-state index < -0.39 is 5.97 Å². The van der Waals surface area contributed by atoms with E-state index in [1.807, 2.05) is 4.68 Å². The molecule has 126 valence electrons. The van der Waals surface area contributed by atoms with Crippen molar-refractivity contribution in [1.82, 2.24) is 24.6 Å². The lowest BCUT2D eigenvalue weighted by molar-refractivity contribution is 0.0672. The minimum Gasteiger partial charge on any atom is -0.476 e. The van der Waals surface area contributed by atoms with Gasteiger partial charge in [-0.05, 0) is 25.7 Å². The van der Waals surface area contributed by atoms with Crippen LogP contribution in [0.15, 0.2) is 6.33 Å². The number of amides is 1. The summed E-state index contributed by atoms with van der Waals surface area (Å²) in [7, 11) is 0. The van der Waals surface area contributed by atoms with Crippen LogP contribution in [-0.4, -0.2) is 48.2 Å². The third-order valence-electron chi connectivity index (χ3n) is 4.78. The summed E-state index contributed by atoms with van der Waals surface area (Å²) in [5.41, 5.74) is 2.80. The topological polar surface area (TPSA) is 104 Å². The maximum absolute atomic E-state index is 12.6. The van der Waals surface area contributed by atoms with Crippen molar-refractivity contribution in [2.24, 2.45) is 5.92 Å². The smallest absolute Gasteiger partial charge is 0.356 e. The summed E-state index contributed by atoms with van der Waals surface area (Å²) in [5, 5.41) is 13.8. The van der Waals surface area contributed by atoms with E-state index in [0.717, 1.165) is 12.2 Å². The van der Waals surface area contributed by atoms with Crippen LogP contribution >= 0.6 is 0 Å². The normalized spacial score (nSPS) is 17.0. The number of aromatic amines is 1. The number of carboxylic acids is 1. The maximum atomic E-state index is 12.6. The average Bonchev–Trinajstić information content (AvgIpc) is 3.16. The zero-order valence-corrected chi connectivity index (χ0v) is 13.4. The van der Waals surface area contributed by atoms with Gasteiger partial charge in [-0.15, -0.1) is 0 Å². The number of hydrogen-bond donors (Lipinski definition) is 2. The molecular weight excluding hydrogens is 310 g/mol. The van der Waals surface area contributed by atoms with E-state index in [1.165, 1.54) is 19.2 Å². The molecule has 0 aromatic carbocycles. The van der Waals surface area contributed by atoms with Crippen molar-refractivity contribution < 1.29 is 14.7 Å². The Morgan fingerprint density at radius 1 is 1.38 bits per heavy atom. The van der Waals surface area contributed by atoms with E-state index in [1.54, 1.807) is 11.8 Å². The molecule has 0 spiro atoms. The Labute approximate surface area is 138 Å². The minimum atomic E-state index is -1.04. The summed E-state index contributed by atoms with van der Waals surface area (Å²) in [5.74, 6) is -0.598. The number of fused-ring (bicyclic) bond motifs is 1. The van der Waals surface area contributed by atoms with Gasteiger partial charge in [0.15, 0.2) is 5.69 Å². The molecular formula is C16H19N5O3. The lowest BCUT2D eigenvalue weighted by Crippen LogP contribution is -2.37. The third kappa shape index (κ3) is 2.47. The Kier molecular flexibility index (Phi) is 3.40. The van der Waals surface area contributed by atoms with Crippen molar-refractivity contribution in [2.45, 2.75) is 39.3 Å². The van der Waals surface area contributed by atoms with Crippen LogP contribution < -0.4 is 0 Å². The molecule has 4 rings (SSSR count). The van der Waals surface area contributed by atoms with Crippen LogP contribution in [0.2, 0.25) is 0 Å². The highest BCUT2D eigenvalue weighted by atomic mass is 16.4. The molecule has 8 heteroatoms. The van der Waals surface area contributed by atoms with Gasteiger partial charge in [0.1, 0.15) is 5.69 Å². The number of carbonyl (C=O) groups is 2. The summed E-state index contributed by atoms with van der Waals surface area (Å²) in [4.78, 5) is 32.8. The number of rotatable bonds is 4. The lowest BCUT2D eigenvalue weighted by Gasteiger charge is -2.27. The van der Waals surface area contributed by atoms with Crippen LogP contribution in [0, 0.1) is 12.8 Å².